The molecule has 33 heavy (non-hydrogen) atoms. The number of carboxylic acid groups (broad SMARTS) is 1. The molecule has 2 atom stereocenters. The van der Waals surface area contributed by atoms with Gasteiger partial charge in [-0.25, -0.2) is 4.79 Å². The van der Waals surface area contributed by atoms with Crippen molar-refractivity contribution in [3.8, 4) is 11.1 Å². The minimum Gasteiger partial charge on any atom is -0.465 e. The van der Waals surface area contributed by atoms with Gasteiger partial charge in [0.15, 0.2) is 0 Å². The molecule has 3 rings (SSSR count). The standard InChI is InChI=1S/C26H33ClN2O4/c1-3-19-8-4-9-20(16-19)24-22(11-5-12-23(24)27)26(33,13-7-14-28-18(2)30)21-10-6-15-29(17-21)25(31)32/h4-5,8-9,11-12,16,21,33H,3,6-7,10,13-15,17H2,1-2H3,(H,28,30)(H,31,32)/t21-,26+/m1/s1. The molecular formula is C26H33ClN2O4. The van der Waals surface area contributed by atoms with Gasteiger partial charge in [-0.05, 0) is 54.9 Å². The van der Waals surface area contributed by atoms with Crippen molar-refractivity contribution in [3.05, 3.63) is 58.6 Å². The lowest BCUT2D eigenvalue weighted by Gasteiger charge is -2.43. The summed E-state index contributed by atoms with van der Waals surface area (Å²) in [4.78, 5) is 24.4. The molecule has 1 aliphatic rings. The second-order valence-corrected chi connectivity index (χ2v) is 9.20. The maximum Gasteiger partial charge on any atom is 0.407 e. The molecule has 1 heterocycles. The molecular weight excluding hydrogens is 440 g/mol. The number of nitrogens with one attached hydrogen (secondary N) is 1. The van der Waals surface area contributed by atoms with Crippen LogP contribution in [0.4, 0.5) is 4.79 Å². The van der Waals surface area contributed by atoms with E-state index in [1.54, 1.807) is 0 Å². The number of benzene rings is 2. The van der Waals surface area contributed by atoms with E-state index in [2.05, 4.69) is 24.4 Å². The van der Waals surface area contributed by atoms with E-state index < -0.39 is 11.7 Å². The minimum atomic E-state index is -1.30. The number of hydrogen-bond donors (Lipinski definition) is 3. The van der Waals surface area contributed by atoms with Crippen molar-refractivity contribution >= 4 is 23.6 Å². The number of rotatable bonds is 8. The Morgan fingerprint density at radius 2 is 2.00 bits per heavy atom. The number of carbonyl (C=O) groups excluding carboxylic acids is 1. The highest BCUT2D eigenvalue weighted by Gasteiger charge is 2.42. The van der Waals surface area contributed by atoms with E-state index in [4.69, 9.17) is 11.6 Å². The highest BCUT2D eigenvalue weighted by Crippen LogP contribution is 2.45. The largest absolute Gasteiger partial charge is 0.465 e. The molecule has 178 valence electrons. The third-order valence-electron chi connectivity index (χ3n) is 6.58. The van der Waals surface area contributed by atoms with Gasteiger partial charge in [0.1, 0.15) is 0 Å². The van der Waals surface area contributed by atoms with Crippen LogP contribution in [-0.2, 0) is 16.8 Å². The van der Waals surface area contributed by atoms with E-state index >= 15 is 0 Å². The van der Waals surface area contributed by atoms with Crippen LogP contribution in [0.3, 0.4) is 0 Å². The average Bonchev–Trinajstić information content (AvgIpc) is 2.81. The van der Waals surface area contributed by atoms with Gasteiger partial charge in [0.25, 0.3) is 0 Å². The summed E-state index contributed by atoms with van der Waals surface area (Å²) in [5, 5.41) is 25.2. The van der Waals surface area contributed by atoms with Crippen LogP contribution < -0.4 is 5.32 Å². The fourth-order valence-electron chi connectivity index (χ4n) is 4.85. The normalized spacial score (nSPS) is 17.9. The molecule has 1 fully saturated rings. The van der Waals surface area contributed by atoms with Gasteiger partial charge in [0.2, 0.25) is 5.91 Å². The maximum atomic E-state index is 12.3. The number of carbonyl (C=O) groups is 2. The van der Waals surface area contributed by atoms with Crippen LogP contribution in [0.2, 0.25) is 5.02 Å². The number of nitrogens with zero attached hydrogens (tertiary/aromatic N) is 1. The van der Waals surface area contributed by atoms with Crippen LogP contribution in [-0.4, -0.2) is 46.7 Å². The van der Waals surface area contributed by atoms with Crippen molar-refractivity contribution in [2.75, 3.05) is 19.6 Å². The predicted octanol–water partition coefficient (Wildman–Crippen LogP) is 5.06. The number of halogens is 1. The lowest BCUT2D eigenvalue weighted by atomic mass is 9.72. The Balaban J connectivity index is 2.07. The second-order valence-electron chi connectivity index (χ2n) is 8.79. The van der Waals surface area contributed by atoms with Crippen LogP contribution in [0.5, 0.6) is 0 Å². The Morgan fingerprint density at radius 1 is 1.24 bits per heavy atom. The van der Waals surface area contributed by atoms with E-state index in [9.17, 15) is 19.8 Å². The third-order valence-corrected chi connectivity index (χ3v) is 6.89. The number of likely N-dealkylation sites (tertiary alicyclic amines) is 1. The molecule has 0 unspecified atom stereocenters. The summed E-state index contributed by atoms with van der Waals surface area (Å²) in [6.45, 7) is 4.72. The molecule has 1 saturated heterocycles. The maximum absolute atomic E-state index is 12.3. The Hall–Kier alpha value is -2.57. The first-order valence-electron chi connectivity index (χ1n) is 11.6. The Kier molecular flexibility index (Phi) is 8.38. The molecule has 1 aliphatic heterocycles. The molecule has 6 nitrogen and oxygen atoms in total. The van der Waals surface area contributed by atoms with Crippen molar-refractivity contribution in [3.63, 3.8) is 0 Å². The van der Waals surface area contributed by atoms with Gasteiger partial charge in [0.05, 0.1) is 5.60 Å². The van der Waals surface area contributed by atoms with Crippen LogP contribution in [0.15, 0.2) is 42.5 Å². The van der Waals surface area contributed by atoms with Gasteiger partial charge in [-0.2, -0.15) is 0 Å². The zero-order valence-electron chi connectivity index (χ0n) is 19.3. The molecule has 0 bridgehead atoms. The van der Waals surface area contributed by atoms with E-state index in [0.717, 1.165) is 17.5 Å². The van der Waals surface area contributed by atoms with Crippen LogP contribution >= 0.6 is 11.6 Å². The number of aryl methyl sites for hydroxylation is 1. The first-order valence-corrected chi connectivity index (χ1v) is 12.0. The molecule has 2 amide bonds. The number of aliphatic hydroxyl groups is 1. The monoisotopic (exact) mass is 472 g/mol. The van der Waals surface area contributed by atoms with Crippen molar-refractivity contribution in [2.45, 2.75) is 51.6 Å². The summed E-state index contributed by atoms with van der Waals surface area (Å²) in [6, 6.07) is 13.7. The topological polar surface area (TPSA) is 89.9 Å². The highest BCUT2D eigenvalue weighted by molar-refractivity contribution is 6.33. The SMILES string of the molecule is CCc1cccc(-c2c(Cl)cccc2[C@](O)(CCCNC(C)=O)[C@@H]2CCCN(C(=O)O)C2)c1. The first kappa shape index (κ1) is 25.1. The fraction of sp³-hybridized carbons (Fsp3) is 0.462. The predicted molar refractivity (Wildman–Crippen MR) is 130 cm³/mol. The van der Waals surface area contributed by atoms with Gasteiger partial charge < -0.3 is 20.4 Å². The van der Waals surface area contributed by atoms with Crippen molar-refractivity contribution in [2.24, 2.45) is 5.92 Å². The zero-order chi connectivity index (χ0) is 24.0. The molecule has 0 spiro atoms. The molecule has 2 aromatic carbocycles. The molecule has 0 aliphatic carbocycles. The number of piperidine rings is 1. The quantitative estimate of drug-likeness (QED) is 0.468. The lowest BCUT2D eigenvalue weighted by Crippen LogP contribution is -2.48. The number of amides is 2. The minimum absolute atomic E-state index is 0.118. The summed E-state index contributed by atoms with van der Waals surface area (Å²) < 4.78 is 0. The van der Waals surface area contributed by atoms with Crippen LogP contribution in [0.25, 0.3) is 11.1 Å². The molecule has 2 aromatic rings. The first-order chi connectivity index (χ1) is 15.8. The van der Waals surface area contributed by atoms with Gasteiger partial charge in [-0.15, -0.1) is 0 Å². The van der Waals surface area contributed by atoms with Crippen molar-refractivity contribution < 1.29 is 19.8 Å². The summed E-state index contributed by atoms with van der Waals surface area (Å²) in [6.07, 6.45) is 2.24. The lowest BCUT2D eigenvalue weighted by molar-refractivity contribution is -0.119. The summed E-state index contributed by atoms with van der Waals surface area (Å²) >= 11 is 6.71. The second kappa shape index (κ2) is 11.0. The summed E-state index contributed by atoms with van der Waals surface area (Å²) in [5.41, 5.74) is 2.30. The number of hydrogen-bond acceptors (Lipinski definition) is 3. The van der Waals surface area contributed by atoms with Gasteiger partial charge in [-0.3, -0.25) is 4.79 Å². The van der Waals surface area contributed by atoms with Gasteiger partial charge in [-0.1, -0.05) is 54.9 Å². The summed E-state index contributed by atoms with van der Waals surface area (Å²) in [5.74, 6) is -0.403. The fourth-order valence-corrected chi connectivity index (χ4v) is 5.13. The molecule has 0 radical (unpaired) electrons. The zero-order valence-corrected chi connectivity index (χ0v) is 20.1. The van der Waals surface area contributed by atoms with Crippen molar-refractivity contribution in [1.29, 1.82) is 0 Å². The van der Waals surface area contributed by atoms with E-state index in [-0.39, 0.29) is 18.4 Å². The molecule has 3 N–H and O–H groups in total. The van der Waals surface area contributed by atoms with E-state index in [1.165, 1.54) is 17.4 Å². The Labute approximate surface area is 200 Å². The molecule has 0 aromatic heterocycles. The van der Waals surface area contributed by atoms with Crippen molar-refractivity contribution in [1.82, 2.24) is 10.2 Å². The highest BCUT2D eigenvalue weighted by atomic mass is 35.5. The Bertz CT molecular complexity index is 996. The summed E-state index contributed by atoms with van der Waals surface area (Å²) in [7, 11) is 0. The Morgan fingerprint density at radius 3 is 2.70 bits per heavy atom. The van der Waals surface area contributed by atoms with E-state index in [0.29, 0.717) is 49.4 Å². The van der Waals surface area contributed by atoms with Gasteiger partial charge >= 0.3 is 6.09 Å². The smallest absolute Gasteiger partial charge is 0.407 e. The van der Waals surface area contributed by atoms with Crippen LogP contribution in [0, 0.1) is 5.92 Å². The van der Waals surface area contributed by atoms with Gasteiger partial charge in [0, 0.05) is 43.1 Å². The van der Waals surface area contributed by atoms with E-state index in [1.807, 2.05) is 30.3 Å². The molecule has 0 saturated carbocycles. The third kappa shape index (κ3) is 5.87. The van der Waals surface area contributed by atoms with Crippen LogP contribution in [0.1, 0.15) is 50.7 Å². The molecule has 7 heteroatoms. The average molecular weight is 473 g/mol.